The van der Waals surface area contributed by atoms with E-state index < -0.39 is 0 Å². The molecule has 0 amide bonds. The molecule has 66 valence electrons. The average molecular weight is 181 g/mol. The fourth-order valence-electron chi connectivity index (χ4n) is 1.91. The van der Waals surface area contributed by atoms with Gasteiger partial charge in [0.1, 0.15) is 0 Å². The van der Waals surface area contributed by atoms with Crippen molar-refractivity contribution in [1.82, 2.24) is 5.32 Å². The third-order valence-corrected chi connectivity index (χ3v) is 3.40. The molecule has 1 heterocycles. The number of fused-ring (bicyclic) bond motifs is 1. The number of nitrogens with one attached hydrogen (secondary N) is 1. The predicted octanol–water partition coefficient (Wildman–Crippen LogP) is 2.21. The van der Waals surface area contributed by atoms with Gasteiger partial charge in [0.2, 0.25) is 0 Å². The van der Waals surface area contributed by atoms with Crippen molar-refractivity contribution in [2.45, 2.75) is 32.2 Å². The smallest absolute Gasteiger partial charge is 0.0111 e. The van der Waals surface area contributed by atoms with E-state index in [9.17, 15) is 0 Å². The molecule has 0 spiro atoms. The lowest BCUT2D eigenvalue weighted by Crippen LogP contribution is -2.33. The fraction of sp³-hybridized carbons (Fsp3) is 0.600. The summed E-state index contributed by atoms with van der Waals surface area (Å²) < 4.78 is 0. The SMILES string of the molecule is CCNC1CCc2cscc2C1. The lowest BCUT2D eigenvalue weighted by Gasteiger charge is -2.22. The molecule has 0 saturated carbocycles. The molecule has 1 aromatic rings. The first-order valence-electron chi connectivity index (χ1n) is 4.67. The third kappa shape index (κ3) is 1.54. The van der Waals surface area contributed by atoms with Gasteiger partial charge in [-0.15, -0.1) is 0 Å². The number of thiophene rings is 1. The first-order chi connectivity index (χ1) is 5.90. The highest BCUT2D eigenvalue weighted by Gasteiger charge is 2.17. The molecule has 0 fully saturated rings. The van der Waals surface area contributed by atoms with Crippen molar-refractivity contribution in [1.29, 1.82) is 0 Å². The van der Waals surface area contributed by atoms with Crippen LogP contribution in [0.25, 0.3) is 0 Å². The van der Waals surface area contributed by atoms with Gasteiger partial charge < -0.3 is 5.32 Å². The zero-order valence-corrected chi connectivity index (χ0v) is 8.29. The van der Waals surface area contributed by atoms with Crippen molar-refractivity contribution >= 4 is 11.3 Å². The van der Waals surface area contributed by atoms with Crippen LogP contribution in [0.5, 0.6) is 0 Å². The summed E-state index contributed by atoms with van der Waals surface area (Å²) in [6.07, 6.45) is 3.83. The molecule has 1 N–H and O–H groups in total. The molecule has 12 heavy (non-hydrogen) atoms. The summed E-state index contributed by atoms with van der Waals surface area (Å²) in [7, 11) is 0. The van der Waals surface area contributed by atoms with Gasteiger partial charge in [-0.1, -0.05) is 6.92 Å². The van der Waals surface area contributed by atoms with Crippen LogP contribution in [-0.2, 0) is 12.8 Å². The largest absolute Gasteiger partial charge is 0.314 e. The van der Waals surface area contributed by atoms with E-state index in [1.807, 2.05) is 11.3 Å². The highest BCUT2D eigenvalue weighted by Crippen LogP contribution is 2.24. The first kappa shape index (κ1) is 8.27. The Bertz CT molecular complexity index is 254. The van der Waals surface area contributed by atoms with Gasteiger partial charge >= 0.3 is 0 Å². The number of hydrogen-bond donors (Lipinski definition) is 1. The number of aryl methyl sites for hydroxylation is 1. The maximum Gasteiger partial charge on any atom is 0.0111 e. The molecule has 0 saturated heterocycles. The highest BCUT2D eigenvalue weighted by molar-refractivity contribution is 7.08. The third-order valence-electron chi connectivity index (χ3n) is 2.55. The van der Waals surface area contributed by atoms with Crippen molar-refractivity contribution in [2.75, 3.05) is 6.54 Å². The van der Waals surface area contributed by atoms with E-state index >= 15 is 0 Å². The summed E-state index contributed by atoms with van der Waals surface area (Å²) in [5.74, 6) is 0. The van der Waals surface area contributed by atoms with Gasteiger partial charge in [0.25, 0.3) is 0 Å². The summed E-state index contributed by atoms with van der Waals surface area (Å²) in [5, 5.41) is 8.13. The lowest BCUT2D eigenvalue weighted by atomic mass is 9.92. The molecule has 0 radical (unpaired) electrons. The van der Waals surface area contributed by atoms with Crippen LogP contribution >= 0.6 is 11.3 Å². The van der Waals surface area contributed by atoms with E-state index in [-0.39, 0.29) is 0 Å². The Morgan fingerprint density at radius 2 is 2.33 bits per heavy atom. The van der Waals surface area contributed by atoms with Gasteiger partial charge in [-0.05, 0) is 47.7 Å². The second-order valence-electron chi connectivity index (χ2n) is 3.42. The summed E-state index contributed by atoms with van der Waals surface area (Å²) >= 11 is 1.85. The molecule has 1 aliphatic carbocycles. The molecule has 1 atom stereocenters. The Kier molecular flexibility index (Phi) is 2.47. The highest BCUT2D eigenvalue weighted by atomic mass is 32.1. The molecule has 1 aliphatic rings. The van der Waals surface area contributed by atoms with E-state index in [4.69, 9.17) is 0 Å². The molecular formula is C10H15NS. The van der Waals surface area contributed by atoms with Gasteiger partial charge in [-0.3, -0.25) is 0 Å². The van der Waals surface area contributed by atoms with Gasteiger partial charge in [0.05, 0.1) is 0 Å². The van der Waals surface area contributed by atoms with Crippen molar-refractivity contribution in [3.63, 3.8) is 0 Å². The Morgan fingerprint density at radius 3 is 3.17 bits per heavy atom. The predicted molar refractivity (Wildman–Crippen MR) is 53.8 cm³/mol. The maximum absolute atomic E-state index is 3.52. The molecule has 1 aromatic heterocycles. The van der Waals surface area contributed by atoms with E-state index in [2.05, 4.69) is 23.0 Å². The maximum atomic E-state index is 3.52. The minimum absolute atomic E-state index is 0.733. The average Bonchev–Trinajstić information content (AvgIpc) is 2.51. The Balaban J connectivity index is 2.05. The zero-order valence-electron chi connectivity index (χ0n) is 7.47. The van der Waals surface area contributed by atoms with Crippen molar-refractivity contribution in [3.8, 4) is 0 Å². The van der Waals surface area contributed by atoms with Crippen LogP contribution in [-0.4, -0.2) is 12.6 Å². The number of likely N-dealkylation sites (N-methyl/N-ethyl adjacent to an activating group) is 1. The van der Waals surface area contributed by atoms with Crippen LogP contribution in [0, 0.1) is 0 Å². The van der Waals surface area contributed by atoms with Crippen LogP contribution in [0.15, 0.2) is 10.8 Å². The molecule has 1 unspecified atom stereocenters. The van der Waals surface area contributed by atoms with Crippen LogP contribution < -0.4 is 5.32 Å². The second kappa shape index (κ2) is 3.58. The van der Waals surface area contributed by atoms with Crippen LogP contribution in [0.2, 0.25) is 0 Å². The lowest BCUT2D eigenvalue weighted by molar-refractivity contribution is 0.472. The summed E-state index contributed by atoms with van der Waals surface area (Å²) in [6, 6.07) is 0.733. The van der Waals surface area contributed by atoms with Crippen LogP contribution in [0.4, 0.5) is 0 Å². The van der Waals surface area contributed by atoms with Gasteiger partial charge in [-0.25, -0.2) is 0 Å². The minimum Gasteiger partial charge on any atom is -0.314 e. The minimum atomic E-state index is 0.733. The van der Waals surface area contributed by atoms with Gasteiger partial charge in [-0.2, -0.15) is 11.3 Å². The van der Waals surface area contributed by atoms with E-state index in [0.29, 0.717) is 0 Å². The molecule has 2 rings (SSSR count). The summed E-state index contributed by atoms with van der Waals surface area (Å²) in [5.41, 5.74) is 3.17. The Labute approximate surface area is 77.8 Å². The van der Waals surface area contributed by atoms with Crippen molar-refractivity contribution in [2.24, 2.45) is 0 Å². The molecule has 0 bridgehead atoms. The molecule has 0 aromatic carbocycles. The number of rotatable bonds is 2. The van der Waals surface area contributed by atoms with E-state index in [1.165, 1.54) is 19.3 Å². The quantitative estimate of drug-likeness (QED) is 0.737. The zero-order chi connectivity index (χ0) is 8.39. The molecule has 0 aliphatic heterocycles. The van der Waals surface area contributed by atoms with Crippen LogP contribution in [0.3, 0.4) is 0 Å². The monoisotopic (exact) mass is 181 g/mol. The molecular weight excluding hydrogens is 166 g/mol. The Hall–Kier alpha value is -0.340. The van der Waals surface area contributed by atoms with E-state index in [0.717, 1.165) is 12.6 Å². The fourth-order valence-corrected chi connectivity index (χ4v) is 2.82. The van der Waals surface area contributed by atoms with E-state index in [1.54, 1.807) is 11.1 Å². The summed E-state index contributed by atoms with van der Waals surface area (Å²) in [4.78, 5) is 0. The van der Waals surface area contributed by atoms with Crippen molar-refractivity contribution < 1.29 is 0 Å². The second-order valence-corrected chi connectivity index (χ2v) is 4.16. The Morgan fingerprint density at radius 1 is 1.50 bits per heavy atom. The molecule has 2 heteroatoms. The number of hydrogen-bond acceptors (Lipinski definition) is 2. The molecule has 1 nitrogen and oxygen atoms in total. The van der Waals surface area contributed by atoms with Gasteiger partial charge in [0, 0.05) is 6.04 Å². The van der Waals surface area contributed by atoms with Gasteiger partial charge in [0.15, 0.2) is 0 Å². The van der Waals surface area contributed by atoms with Crippen LogP contribution in [0.1, 0.15) is 24.5 Å². The van der Waals surface area contributed by atoms with Crippen molar-refractivity contribution in [3.05, 3.63) is 21.9 Å². The standard InChI is InChI=1S/C10H15NS/c1-2-11-10-4-3-8-6-12-7-9(8)5-10/h6-7,10-11H,2-5H2,1H3. The topological polar surface area (TPSA) is 12.0 Å². The first-order valence-corrected chi connectivity index (χ1v) is 5.61. The normalized spacial score (nSPS) is 22.2. The summed E-state index contributed by atoms with van der Waals surface area (Å²) in [6.45, 7) is 3.28.